The highest BCUT2D eigenvalue weighted by Crippen LogP contribution is 2.18. The Bertz CT molecular complexity index is 326. The molecule has 1 heterocycles. The first-order chi connectivity index (χ1) is 6.74. The van der Waals surface area contributed by atoms with Gasteiger partial charge in [0, 0.05) is 12.4 Å². The van der Waals surface area contributed by atoms with E-state index in [2.05, 4.69) is 24.2 Å². The van der Waals surface area contributed by atoms with Crippen molar-refractivity contribution in [1.29, 1.82) is 0 Å². The summed E-state index contributed by atoms with van der Waals surface area (Å²) in [6, 6.07) is 2.13. The minimum absolute atomic E-state index is 1.02. The molecule has 74 valence electrons. The molecule has 0 unspecified atom stereocenters. The van der Waals surface area contributed by atoms with Crippen molar-refractivity contribution < 1.29 is 0 Å². The number of allylic oxidation sites excluding steroid dienone is 2. The Hall–Kier alpha value is -1.37. The number of rotatable bonds is 5. The van der Waals surface area contributed by atoms with Gasteiger partial charge < -0.3 is 0 Å². The second kappa shape index (κ2) is 5.38. The van der Waals surface area contributed by atoms with Crippen LogP contribution < -0.4 is 0 Å². The van der Waals surface area contributed by atoms with Crippen molar-refractivity contribution in [2.75, 3.05) is 0 Å². The molecular formula is C13H17N. The Balaban J connectivity index is 2.56. The maximum absolute atomic E-state index is 4.15. The summed E-state index contributed by atoms with van der Waals surface area (Å²) in [7, 11) is 0. The van der Waals surface area contributed by atoms with Crippen molar-refractivity contribution in [1.82, 2.24) is 4.98 Å². The molecule has 1 nitrogen and oxygen atoms in total. The minimum atomic E-state index is 1.02. The quantitative estimate of drug-likeness (QED) is 0.505. The van der Waals surface area contributed by atoms with Crippen LogP contribution in [0.4, 0.5) is 0 Å². The van der Waals surface area contributed by atoms with Crippen LogP contribution in [0.5, 0.6) is 0 Å². The summed E-state index contributed by atoms with van der Waals surface area (Å²) in [5.41, 5.74) is 3.52. The molecule has 0 N–H and O–H groups in total. The third kappa shape index (κ3) is 3.17. The molecule has 0 amide bonds. The highest BCUT2D eigenvalue weighted by Gasteiger charge is 1.98. The minimum Gasteiger partial charge on any atom is -0.264 e. The van der Waals surface area contributed by atoms with Crippen LogP contribution in [0.1, 0.15) is 30.4 Å². The van der Waals surface area contributed by atoms with Crippen LogP contribution in [0, 0.1) is 6.92 Å². The molecule has 0 aliphatic rings. The first kappa shape index (κ1) is 10.7. The fraction of sp³-hybridized carbons (Fsp3) is 0.308. The molecule has 0 aromatic carbocycles. The van der Waals surface area contributed by atoms with E-state index < -0.39 is 0 Å². The third-order valence-electron chi connectivity index (χ3n) is 2.17. The lowest BCUT2D eigenvalue weighted by Crippen LogP contribution is -1.86. The van der Waals surface area contributed by atoms with E-state index in [1.807, 2.05) is 25.4 Å². The summed E-state index contributed by atoms with van der Waals surface area (Å²) in [5, 5.41) is 0. The van der Waals surface area contributed by atoms with Crippen molar-refractivity contribution >= 4 is 5.57 Å². The topological polar surface area (TPSA) is 12.9 Å². The Morgan fingerprint density at radius 3 is 2.93 bits per heavy atom. The van der Waals surface area contributed by atoms with E-state index in [0.29, 0.717) is 0 Å². The number of aryl methyl sites for hydroxylation is 1. The average molecular weight is 187 g/mol. The van der Waals surface area contributed by atoms with E-state index in [1.165, 1.54) is 11.1 Å². The Morgan fingerprint density at radius 2 is 2.29 bits per heavy atom. The predicted octanol–water partition coefficient (Wildman–Crippen LogP) is 3.76. The first-order valence-electron chi connectivity index (χ1n) is 4.94. The molecule has 1 aromatic heterocycles. The number of hydrogen-bond donors (Lipinski definition) is 0. The largest absolute Gasteiger partial charge is 0.264 e. The Morgan fingerprint density at radius 1 is 1.50 bits per heavy atom. The molecule has 1 heteroatoms. The van der Waals surface area contributed by atoms with E-state index in [0.717, 1.165) is 24.8 Å². The highest BCUT2D eigenvalue weighted by molar-refractivity contribution is 5.62. The van der Waals surface area contributed by atoms with Gasteiger partial charge in [-0.2, -0.15) is 0 Å². The van der Waals surface area contributed by atoms with Crippen LogP contribution in [0.2, 0.25) is 0 Å². The standard InChI is InChI=1S/C13H17N/c1-4-5-6-7-12(3)13-8-11(2)9-14-10-13/h4,8-10H,1,3,5-7H2,2H3. The molecule has 0 radical (unpaired) electrons. The van der Waals surface area contributed by atoms with Gasteiger partial charge in [0.2, 0.25) is 0 Å². The zero-order chi connectivity index (χ0) is 10.4. The van der Waals surface area contributed by atoms with Crippen molar-refractivity contribution in [3.05, 3.63) is 48.8 Å². The van der Waals surface area contributed by atoms with Crippen molar-refractivity contribution in [2.45, 2.75) is 26.2 Å². The summed E-state index contributed by atoms with van der Waals surface area (Å²) < 4.78 is 0. The maximum Gasteiger partial charge on any atom is 0.0343 e. The Labute approximate surface area is 86.2 Å². The molecule has 0 saturated carbocycles. The summed E-state index contributed by atoms with van der Waals surface area (Å²) in [6.07, 6.45) is 8.89. The van der Waals surface area contributed by atoms with Crippen molar-refractivity contribution in [2.24, 2.45) is 0 Å². The smallest absolute Gasteiger partial charge is 0.0343 e. The third-order valence-corrected chi connectivity index (χ3v) is 2.17. The Kier molecular flexibility index (Phi) is 4.11. The molecule has 0 aliphatic heterocycles. The van der Waals surface area contributed by atoms with E-state index in [9.17, 15) is 0 Å². The van der Waals surface area contributed by atoms with Gasteiger partial charge >= 0.3 is 0 Å². The van der Waals surface area contributed by atoms with Gasteiger partial charge in [-0.1, -0.05) is 12.7 Å². The molecule has 0 fully saturated rings. The summed E-state index contributed by atoms with van der Waals surface area (Å²) in [4.78, 5) is 4.15. The molecular weight excluding hydrogens is 170 g/mol. The van der Waals surface area contributed by atoms with Gasteiger partial charge in [0.15, 0.2) is 0 Å². The molecule has 1 aromatic rings. The number of aromatic nitrogens is 1. The van der Waals surface area contributed by atoms with Gasteiger partial charge in [-0.05, 0) is 49.0 Å². The molecule has 0 bridgehead atoms. The van der Waals surface area contributed by atoms with Crippen LogP contribution in [0.3, 0.4) is 0 Å². The number of pyridine rings is 1. The van der Waals surface area contributed by atoms with E-state index in [1.54, 1.807) is 0 Å². The van der Waals surface area contributed by atoms with Crippen molar-refractivity contribution in [3.8, 4) is 0 Å². The van der Waals surface area contributed by atoms with Gasteiger partial charge in [0.05, 0.1) is 0 Å². The molecule has 1 rings (SSSR count). The summed E-state index contributed by atoms with van der Waals surface area (Å²) in [6.45, 7) is 9.82. The van der Waals surface area contributed by atoms with E-state index >= 15 is 0 Å². The molecule has 14 heavy (non-hydrogen) atoms. The maximum atomic E-state index is 4.15. The zero-order valence-corrected chi connectivity index (χ0v) is 8.79. The van der Waals surface area contributed by atoms with Gasteiger partial charge in [-0.3, -0.25) is 4.98 Å². The van der Waals surface area contributed by atoms with Gasteiger partial charge in [-0.15, -0.1) is 6.58 Å². The molecule has 0 saturated heterocycles. The number of unbranched alkanes of at least 4 members (excludes halogenated alkanes) is 1. The second-order valence-corrected chi connectivity index (χ2v) is 3.54. The van der Waals surface area contributed by atoms with Gasteiger partial charge in [0.25, 0.3) is 0 Å². The van der Waals surface area contributed by atoms with Gasteiger partial charge in [0.1, 0.15) is 0 Å². The lowest BCUT2D eigenvalue weighted by atomic mass is 10.0. The van der Waals surface area contributed by atoms with Crippen LogP contribution in [0.15, 0.2) is 37.7 Å². The fourth-order valence-electron chi connectivity index (χ4n) is 1.35. The zero-order valence-electron chi connectivity index (χ0n) is 8.79. The molecule has 0 atom stereocenters. The van der Waals surface area contributed by atoms with Gasteiger partial charge in [-0.25, -0.2) is 0 Å². The first-order valence-corrected chi connectivity index (χ1v) is 4.94. The van der Waals surface area contributed by atoms with Crippen LogP contribution in [-0.2, 0) is 0 Å². The second-order valence-electron chi connectivity index (χ2n) is 3.54. The summed E-state index contributed by atoms with van der Waals surface area (Å²) in [5.74, 6) is 0. The number of nitrogens with zero attached hydrogens (tertiary/aromatic N) is 1. The van der Waals surface area contributed by atoms with E-state index in [-0.39, 0.29) is 0 Å². The lowest BCUT2D eigenvalue weighted by molar-refractivity contribution is 0.881. The monoisotopic (exact) mass is 187 g/mol. The molecule has 0 aliphatic carbocycles. The fourth-order valence-corrected chi connectivity index (χ4v) is 1.35. The predicted molar refractivity (Wildman–Crippen MR) is 62.1 cm³/mol. The van der Waals surface area contributed by atoms with Crippen LogP contribution >= 0.6 is 0 Å². The number of hydrogen-bond acceptors (Lipinski definition) is 1. The molecule has 0 spiro atoms. The SMILES string of the molecule is C=CCCCC(=C)c1cncc(C)c1. The summed E-state index contributed by atoms with van der Waals surface area (Å²) >= 11 is 0. The van der Waals surface area contributed by atoms with Crippen LogP contribution in [0.25, 0.3) is 5.57 Å². The highest BCUT2D eigenvalue weighted by atomic mass is 14.6. The van der Waals surface area contributed by atoms with E-state index in [4.69, 9.17) is 0 Å². The average Bonchev–Trinajstić information content (AvgIpc) is 2.18. The van der Waals surface area contributed by atoms with Crippen LogP contribution in [-0.4, -0.2) is 4.98 Å². The van der Waals surface area contributed by atoms with Crippen molar-refractivity contribution in [3.63, 3.8) is 0 Å². The lowest BCUT2D eigenvalue weighted by Gasteiger charge is -2.04. The normalized spacial score (nSPS) is 9.79.